The largest absolute Gasteiger partial charge is 0.494 e. The minimum absolute atomic E-state index is 0.224. The highest BCUT2D eigenvalue weighted by atomic mass is 16.5. The summed E-state index contributed by atoms with van der Waals surface area (Å²) >= 11 is 0. The van der Waals surface area contributed by atoms with Crippen LogP contribution in [0.4, 0.5) is 0 Å². The van der Waals surface area contributed by atoms with E-state index < -0.39 is 11.9 Å². The van der Waals surface area contributed by atoms with E-state index >= 15 is 0 Å². The van der Waals surface area contributed by atoms with Gasteiger partial charge in [-0.3, -0.25) is 9.59 Å². The second-order valence-electron chi connectivity index (χ2n) is 7.67. The van der Waals surface area contributed by atoms with Gasteiger partial charge in [0.25, 0.3) is 11.8 Å². The summed E-state index contributed by atoms with van der Waals surface area (Å²) in [5.74, 6) is -0.207. The number of aryl methyl sites for hydroxylation is 1. The fraction of sp³-hybridized carbons (Fsp3) is 0.185. The summed E-state index contributed by atoms with van der Waals surface area (Å²) in [5, 5.41) is 6.42. The summed E-state index contributed by atoms with van der Waals surface area (Å²) in [6.45, 7) is 4.34. The number of amides is 2. The van der Waals surface area contributed by atoms with Gasteiger partial charge in [0.05, 0.1) is 24.9 Å². The quantitative estimate of drug-likeness (QED) is 0.201. The van der Waals surface area contributed by atoms with E-state index in [-0.39, 0.29) is 12.5 Å². The van der Waals surface area contributed by atoms with E-state index in [4.69, 9.17) is 9.47 Å². The first-order chi connectivity index (χ1) is 16.9. The zero-order valence-electron chi connectivity index (χ0n) is 19.6. The van der Waals surface area contributed by atoms with Crippen LogP contribution in [0.15, 0.2) is 77.9 Å². The lowest BCUT2D eigenvalue weighted by molar-refractivity contribution is -0.120. The van der Waals surface area contributed by atoms with Gasteiger partial charge < -0.3 is 14.8 Å². The van der Waals surface area contributed by atoms with Crippen LogP contribution in [-0.4, -0.2) is 37.1 Å². The molecule has 180 valence electrons. The molecule has 35 heavy (non-hydrogen) atoms. The Balaban J connectivity index is 1.41. The SMILES string of the molecule is CCCOc1ccc(C(=O)NCC(=O)N/N=C/c2ccc(OC(=O)c3ccc(C)cc3)cc2)cc1. The number of nitrogens with zero attached hydrogens (tertiary/aromatic N) is 1. The van der Waals surface area contributed by atoms with E-state index in [2.05, 4.69) is 15.8 Å². The summed E-state index contributed by atoms with van der Waals surface area (Å²) in [6.07, 6.45) is 2.34. The Morgan fingerprint density at radius 1 is 0.857 bits per heavy atom. The topological polar surface area (TPSA) is 106 Å². The molecule has 0 saturated carbocycles. The van der Waals surface area contributed by atoms with Crippen LogP contribution < -0.4 is 20.2 Å². The fourth-order valence-electron chi connectivity index (χ4n) is 2.88. The molecule has 3 rings (SSSR count). The number of carbonyl (C=O) groups excluding carboxylic acids is 3. The summed E-state index contributed by atoms with van der Waals surface area (Å²) < 4.78 is 10.8. The van der Waals surface area contributed by atoms with Gasteiger partial charge in [0.2, 0.25) is 0 Å². The molecule has 0 saturated heterocycles. The van der Waals surface area contributed by atoms with E-state index in [0.29, 0.717) is 34.8 Å². The number of rotatable bonds is 10. The van der Waals surface area contributed by atoms with Crippen LogP contribution >= 0.6 is 0 Å². The summed E-state index contributed by atoms with van der Waals surface area (Å²) in [4.78, 5) is 36.3. The predicted octanol–water partition coefficient (Wildman–Crippen LogP) is 3.88. The molecule has 2 N–H and O–H groups in total. The average Bonchev–Trinajstić information content (AvgIpc) is 2.87. The average molecular weight is 474 g/mol. The summed E-state index contributed by atoms with van der Waals surface area (Å²) in [7, 11) is 0. The molecule has 0 unspecified atom stereocenters. The Morgan fingerprint density at radius 2 is 1.49 bits per heavy atom. The minimum atomic E-state index is -0.471. The molecule has 0 aliphatic rings. The van der Waals surface area contributed by atoms with Crippen LogP contribution in [0.3, 0.4) is 0 Å². The number of carbonyl (C=O) groups is 3. The van der Waals surface area contributed by atoms with Crippen molar-refractivity contribution in [2.75, 3.05) is 13.2 Å². The lowest BCUT2D eigenvalue weighted by atomic mass is 10.1. The highest BCUT2D eigenvalue weighted by Crippen LogP contribution is 2.14. The summed E-state index contributed by atoms with van der Waals surface area (Å²) in [6, 6.07) is 20.5. The van der Waals surface area contributed by atoms with Crippen molar-refractivity contribution in [3.8, 4) is 11.5 Å². The zero-order chi connectivity index (χ0) is 25.0. The molecule has 3 aromatic carbocycles. The van der Waals surface area contributed by atoms with Crippen molar-refractivity contribution in [1.82, 2.24) is 10.7 Å². The van der Waals surface area contributed by atoms with E-state index in [1.807, 2.05) is 26.0 Å². The number of hydrogen-bond acceptors (Lipinski definition) is 6. The van der Waals surface area contributed by atoms with Crippen molar-refractivity contribution < 1.29 is 23.9 Å². The first kappa shape index (κ1) is 25.2. The maximum absolute atomic E-state index is 12.2. The van der Waals surface area contributed by atoms with Gasteiger partial charge in [-0.25, -0.2) is 10.2 Å². The van der Waals surface area contributed by atoms with Crippen LogP contribution in [0.5, 0.6) is 11.5 Å². The number of esters is 1. The molecular weight excluding hydrogens is 446 g/mol. The second-order valence-corrected chi connectivity index (χ2v) is 7.67. The smallest absolute Gasteiger partial charge is 0.343 e. The van der Waals surface area contributed by atoms with Crippen LogP contribution in [0, 0.1) is 6.92 Å². The zero-order valence-corrected chi connectivity index (χ0v) is 19.6. The Bertz CT molecular complexity index is 1170. The highest BCUT2D eigenvalue weighted by Gasteiger charge is 2.09. The van der Waals surface area contributed by atoms with Gasteiger partial charge in [-0.2, -0.15) is 5.10 Å². The summed E-state index contributed by atoms with van der Waals surface area (Å²) in [5.41, 5.74) is 4.99. The van der Waals surface area contributed by atoms with Gasteiger partial charge >= 0.3 is 5.97 Å². The molecule has 0 heterocycles. The maximum Gasteiger partial charge on any atom is 0.343 e. The maximum atomic E-state index is 12.2. The van der Waals surface area contributed by atoms with Crippen molar-refractivity contribution >= 4 is 24.0 Å². The van der Waals surface area contributed by atoms with Crippen molar-refractivity contribution in [2.24, 2.45) is 5.10 Å². The molecule has 2 amide bonds. The molecule has 0 atom stereocenters. The number of hydrazone groups is 1. The van der Waals surface area contributed by atoms with Crippen molar-refractivity contribution in [2.45, 2.75) is 20.3 Å². The van der Waals surface area contributed by atoms with Crippen molar-refractivity contribution in [3.63, 3.8) is 0 Å². The lowest BCUT2D eigenvalue weighted by Crippen LogP contribution is -2.34. The van der Waals surface area contributed by atoms with Gasteiger partial charge in [-0.05, 0) is 79.6 Å². The Kier molecular flexibility index (Phi) is 9.13. The molecule has 0 aromatic heterocycles. The van der Waals surface area contributed by atoms with Crippen molar-refractivity contribution in [1.29, 1.82) is 0 Å². The van der Waals surface area contributed by atoms with Crippen LogP contribution in [-0.2, 0) is 4.79 Å². The molecule has 8 heteroatoms. The Labute approximate surface area is 204 Å². The predicted molar refractivity (Wildman–Crippen MR) is 133 cm³/mol. The first-order valence-corrected chi connectivity index (χ1v) is 11.2. The van der Waals surface area contributed by atoms with Gasteiger partial charge in [-0.1, -0.05) is 24.6 Å². The second kappa shape index (κ2) is 12.7. The number of ether oxygens (including phenoxy) is 2. The Morgan fingerprint density at radius 3 is 2.14 bits per heavy atom. The van der Waals surface area contributed by atoms with Crippen LogP contribution in [0.2, 0.25) is 0 Å². The molecule has 0 bridgehead atoms. The monoisotopic (exact) mass is 473 g/mol. The van der Waals surface area contributed by atoms with E-state index in [1.54, 1.807) is 60.7 Å². The van der Waals surface area contributed by atoms with Gasteiger partial charge in [0.15, 0.2) is 0 Å². The van der Waals surface area contributed by atoms with Crippen LogP contribution in [0.1, 0.15) is 45.2 Å². The van der Waals surface area contributed by atoms with Crippen molar-refractivity contribution in [3.05, 3.63) is 95.1 Å². The molecule has 0 aliphatic heterocycles. The molecule has 0 spiro atoms. The van der Waals surface area contributed by atoms with E-state index in [9.17, 15) is 14.4 Å². The number of benzene rings is 3. The third-order valence-corrected chi connectivity index (χ3v) is 4.78. The minimum Gasteiger partial charge on any atom is -0.494 e. The molecule has 0 radical (unpaired) electrons. The third-order valence-electron chi connectivity index (χ3n) is 4.78. The lowest BCUT2D eigenvalue weighted by Gasteiger charge is -2.07. The molecule has 0 fully saturated rings. The number of hydrogen-bond donors (Lipinski definition) is 2. The Hall–Kier alpha value is -4.46. The molecular formula is C27H27N3O5. The molecule has 8 nitrogen and oxygen atoms in total. The first-order valence-electron chi connectivity index (χ1n) is 11.2. The van der Waals surface area contributed by atoms with Gasteiger partial charge in [0.1, 0.15) is 11.5 Å². The van der Waals surface area contributed by atoms with E-state index in [1.165, 1.54) is 6.21 Å². The highest BCUT2D eigenvalue weighted by molar-refractivity contribution is 5.96. The normalized spacial score (nSPS) is 10.6. The standard InChI is InChI=1S/C27H27N3O5/c1-3-16-34-23-14-10-21(11-15-23)26(32)28-18-25(31)30-29-17-20-6-12-24(13-7-20)35-27(33)22-8-4-19(2)5-9-22/h4-15,17H,3,16,18H2,1-2H3,(H,28,32)(H,30,31)/b29-17+. The third kappa shape index (κ3) is 8.12. The van der Waals surface area contributed by atoms with Gasteiger partial charge in [0, 0.05) is 5.56 Å². The van der Waals surface area contributed by atoms with Crippen LogP contribution in [0.25, 0.3) is 0 Å². The number of nitrogens with one attached hydrogen (secondary N) is 2. The molecule has 3 aromatic rings. The molecule has 0 aliphatic carbocycles. The fourth-order valence-corrected chi connectivity index (χ4v) is 2.88. The van der Waals surface area contributed by atoms with E-state index in [0.717, 1.165) is 12.0 Å². The van der Waals surface area contributed by atoms with Gasteiger partial charge in [-0.15, -0.1) is 0 Å².